The van der Waals surface area contributed by atoms with Gasteiger partial charge in [0.2, 0.25) is 0 Å². The highest BCUT2D eigenvalue weighted by atomic mass is 28.3. The first kappa shape index (κ1) is 7.29. The quantitative estimate of drug-likeness (QED) is 0.468. The Labute approximate surface area is 59.1 Å². The molecular weight excluding hydrogens is 126 g/mol. The molecule has 0 radical (unpaired) electrons. The van der Waals surface area contributed by atoms with Gasteiger partial charge in [-0.1, -0.05) is 20.0 Å². The minimum atomic E-state index is -0.914. The van der Waals surface area contributed by atoms with Crippen molar-refractivity contribution in [2.24, 2.45) is 0 Å². The largest absolute Gasteiger partial charge is 0.326 e. The van der Waals surface area contributed by atoms with E-state index in [4.69, 9.17) is 0 Å². The predicted octanol–water partition coefficient (Wildman–Crippen LogP) is 1.92. The Bertz CT molecular complexity index is 99.5. The third-order valence-electron chi connectivity index (χ3n) is 3.09. The monoisotopic (exact) mass is 143 g/mol. The maximum absolute atomic E-state index is 2.58. The van der Waals surface area contributed by atoms with E-state index in [1.807, 2.05) is 0 Å². The van der Waals surface area contributed by atoms with Crippen LogP contribution >= 0.6 is 0 Å². The molecule has 0 aromatic rings. The summed E-state index contributed by atoms with van der Waals surface area (Å²) >= 11 is 0. The molecule has 0 aromatic carbocycles. The summed E-state index contributed by atoms with van der Waals surface area (Å²) in [6.45, 7) is 8.66. The average molecular weight is 143 g/mol. The Hall–Kier alpha value is 0.177. The van der Waals surface area contributed by atoms with Gasteiger partial charge in [0.1, 0.15) is 8.24 Å². The zero-order valence-corrected chi connectivity index (χ0v) is 7.94. The van der Waals surface area contributed by atoms with E-state index < -0.39 is 8.24 Å². The minimum absolute atomic E-state index is 0.914. The van der Waals surface area contributed by atoms with Crippen molar-refractivity contribution in [2.75, 3.05) is 13.6 Å². The lowest BCUT2D eigenvalue weighted by Crippen LogP contribution is -2.42. The van der Waals surface area contributed by atoms with Crippen LogP contribution in [0.1, 0.15) is 13.3 Å². The van der Waals surface area contributed by atoms with E-state index in [9.17, 15) is 0 Å². The van der Waals surface area contributed by atoms with E-state index in [0.29, 0.717) is 0 Å². The first-order valence-corrected chi connectivity index (χ1v) is 6.79. The minimum Gasteiger partial charge on any atom is -0.326 e. The van der Waals surface area contributed by atoms with Gasteiger partial charge in [0.25, 0.3) is 0 Å². The lowest BCUT2D eigenvalue weighted by molar-refractivity contribution is 0.552. The third kappa shape index (κ3) is 1.06. The Kier molecular flexibility index (Phi) is 1.70. The van der Waals surface area contributed by atoms with Crippen LogP contribution in [-0.4, -0.2) is 26.4 Å². The summed E-state index contributed by atoms with van der Waals surface area (Å²) in [5.74, 6) is 0. The van der Waals surface area contributed by atoms with Crippen molar-refractivity contribution in [3.05, 3.63) is 0 Å². The molecule has 54 valence electrons. The molecule has 9 heavy (non-hydrogen) atoms. The van der Waals surface area contributed by atoms with E-state index in [1.165, 1.54) is 13.0 Å². The molecule has 0 aromatic heterocycles. The van der Waals surface area contributed by atoms with E-state index in [2.05, 4.69) is 31.6 Å². The summed E-state index contributed by atoms with van der Waals surface area (Å²) in [6, 6.07) is 0. The maximum atomic E-state index is 2.58. The summed E-state index contributed by atoms with van der Waals surface area (Å²) in [6.07, 6.45) is 1.43. The Morgan fingerprint density at radius 2 is 2.00 bits per heavy atom. The summed E-state index contributed by atoms with van der Waals surface area (Å²) in [5, 5.41) is 0. The van der Waals surface area contributed by atoms with Gasteiger partial charge in [0, 0.05) is 0 Å². The third-order valence-corrected chi connectivity index (χ3v) is 7.98. The van der Waals surface area contributed by atoms with Crippen molar-refractivity contribution in [1.82, 2.24) is 4.57 Å². The molecule has 0 aliphatic carbocycles. The molecule has 1 rings (SSSR count). The molecule has 0 bridgehead atoms. The molecule has 1 heterocycles. The van der Waals surface area contributed by atoms with Crippen LogP contribution in [-0.2, 0) is 0 Å². The van der Waals surface area contributed by atoms with Crippen molar-refractivity contribution >= 4 is 8.24 Å². The van der Waals surface area contributed by atoms with Gasteiger partial charge in [-0.15, -0.1) is 0 Å². The zero-order valence-electron chi connectivity index (χ0n) is 6.94. The molecule has 2 heteroatoms. The van der Waals surface area contributed by atoms with Crippen LogP contribution in [0.2, 0.25) is 18.6 Å². The SMILES string of the molecule is CC1CCN(C)[Si]1(C)C. The van der Waals surface area contributed by atoms with Crippen molar-refractivity contribution < 1.29 is 0 Å². The summed E-state index contributed by atoms with van der Waals surface area (Å²) in [4.78, 5) is 0. The lowest BCUT2D eigenvalue weighted by Gasteiger charge is -2.28. The fourth-order valence-corrected chi connectivity index (χ4v) is 3.70. The Balaban J connectivity index is 2.66. The lowest BCUT2D eigenvalue weighted by atomic mass is 10.3. The molecule has 1 unspecified atom stereocenters. The van der Waals surface area contributed by atoms with Crippen molar-refractivity contribution in [3.8, 4) is 0 Å². The zero-order chi connectivity index (χ0) is 7.07. The Morgan fingerprint density at radius 3 is 2.11 bits per heavy atom. The molecule has 1 fully saturated rings. The molecule has 0 saturated carbocycles. The molecule has 1 aliphatic rings. The van der Waals surface area contributed by atoms with Crippen LogP contribution in [0.4, 0.5) is 0 Å². The number of nitrogens with zero attached hydrogens (tertiary/aromatic N) is 1. The van der Waals surface area contributed by atoms with Crippen LogP contribution in [0.15, 0.2) is 0 Å². The second-order valence-electron chi connectivity index (χ2n) is 3.76. The molecule has 1 aliphatic heterocycles. The topological polar surface area (TPSA) is 3.24 Å². The summed E-state index contributed by atoms with van der Waals surface area (Å²) < 4.78 is 2.58. The maximum Gasteiger partial charge on any atom is 0.124 e. The smallest absolute Gasteiger partial charge is 0.124 e. The fraction of sp³-hybridized carbons (Fsp3) is 1.00. The molecule has 1 saturated heterocycles. The van der Waals surface area contributed by atoms with Gasteiger partial charge in [0.05, 0.1) is 0 Å². The van der Waals surface area contributed by atoms with Gasteiger partial charge in [0.15, 0.2) is 0 Å². The van der Waals surface area contributed by atoms with Gasteiger partial charge in [-0.05, 0) is 25.6 Å². The van der Waals surface area contributed by atoms with Crippen molar-refractivity contribution in [2.45, 2.75) is 32.0 Å². The standard InChI is InChI=1S/C7H17NSi/c1-7-5-6-8(2)9(7,3)4/h7H,5-6H2,1-4H3. The first-order chi connectivity index (χ1) is 4.05. The van der Waals surface area contributed by atoms with Gasteiger partial charge >= 0.3 is 0 Å². The molecule has 0 spiro atoms. The van der Waals surface area contributed by atoms with Crippen LogP contribution in [0, 0.1) is 0 Å². The summed E-state index contributed by atoms with van der Waals surface area (Å²) in [5.41, 5.74) is 1.00. The number of hydrogen-bond donors (Lipinski definition) is 0. The molecular formula is C7H17NSi. The summed E-state index contributed by atoms with van der Waals surface area (Å²) in [7, 11) is 1.36. The van der Waals surface area contributed by atoms with Crippen molar-refractivity contribution in [1.29, 1.82) is 0 Å². The van der Waals surface area contributed by atoms with Crippen LogP contribution in [0.25, 0.3) is 0 Å². The molecule has 0 amide bonds. The van der Waals surface area contributed by atoms with Crippen LogP contribution in [0.3, 0.4) is 0 Å². The highest BCUT2D eigenvalue weighted by Crippen LogP contribution is 2.33. The number of hydrogen-bond acceptors (Lipinski definition) is 1. The van der Waals surface area contributed by atoms with Crippen LogP contribution in [0.5, 0.6) is 0 Å². The number of rotatable bonds is 0. The second-order valence-corrected chi connectivity index (χ2v) is 8.82. The fourth-order valence-electron chi connectivity index (χ4n) is 1.40. The van der Waals surface area contributed by atoms with Crippen molar-refractivity contribution in [3.63, 3.8) is 0 Å². The predicted molar refractivity (Wildman–Crippen MR) is 44.2 cm³/mol. The van der Waals surface area contributed by atoms with Gasteiger partial charge in [-0.3, -0.25) is 0 Å². The van der Waals surface area contributed by atoms with Crippen LogP contribution < -0.4 is 0 Å². The molecule has 0 N–H and O–H groups in total. The average Bonchev–Trinajstić information content (AvgIpc) is 1.96. The van der Waals surface area contributed by atoms with E-state index >= 15 is 0 Å². The van der Waals surface area contributed by atoms with Gasteiger partial charge in [-0.25, -0.2) is 0 Å². The highest BCUT2D eigenvalue weighted by Gasteiger charge is 2.37. The van der Waals surface area contributed by atoms with Gasteiger partial charge < -0.3 is 4.57 Å². The van der Waals surface area contributed by atoms with E-state index in [1.54, 1.807) is 0 Å². The molecule has 1 nitrogen and oxygen atoms in total. The molecule has 1 atom stereocenters. The second kappa shape index (κ2) is 2.10. The normalized spacial score (nSPS) is 35.3. The van der Waals surface area contributed by atoms with E-state index in [0.717, 1.165) is 5.54 Å². The Morgan fingerprint density at radius 1 is 1.44 bits per heavy atom. The van der Waals surface area contributed by atoms with Gasteiger partial charge in [-0.2, -0.15) is 0 Å². The van der Waals surface area contributed by atoms with E-state index in [-0.39, 0.29) is 0 Å². The first-order valence-electron chi connectivity index (χ1n) is 3.76. The highest BCUT2D eigenvalue weighted by molar-refractivity contribution is 6.76.